The van der Waals surface area contributed by atoms with Gasteiger partial charge in [0, 0.05) is 16.6 Å². The molecule has 1 aliphatic rings. The van der Waals surface area contributed by atoms with Crippen LogP contribution in [0.3, 0.4) is 0 Å². The fraction of sp³-hybridized carbons (Fsp3) is 0.222. The van der Waals surface area contributed by atoms with Gasteiger partial charge in [-0.2, -0.15) is 0 Å². The lowest BCUT2D eigenvalue weighted by Crippen LogP contribution is -2.02. The predicted molar refractivity (Wildman–Crippen MR) is 94.9 cm³/mol. The van der Waals surface area contributed by atoms with Gasteiger partial charge in [0.05, 0.1) is 24.8 Å². The maximum absolute atomic E-state index is 11.3. The zero-order valence-corrected chi connectivity index (χ0v) is 14.7. The normalized spacial score (nSPS) is 13.4. The van der Waals surface area contributed by atoms with Gasteiger partial charge in [-0.3, -0.25) is 4.79 Å². The van der Waals surface area contributed by atoms with E-state index in [2.05, 4.69) is 20.5 Å². The fourth-order valence-electron chi connectivity index (χ4n) is 3.12. The molecule has 0 atom stereocenters. The highest BCUT2D eigenvalue weighted by atomic mass is 79.9. The number of aromatic nitrogens is 2. The van der Waals surface area contributed by atoms with Crippen molar-refractivity contribution >= 4 is 33.2 Å². The van der Waals surface area contributed by atoms with Gasteiger partial charge in [0.25, 0.3) is 0 Å². The first-order chi connectivity index (χ1) is 11.7. The van der Waals surface area contributed by atoms with Crippen LogP contribution in [0.1, 0.15) is 16.8 Å². The summed E-state index contributed by atoms with van der Waals surface area (Å²) in [4.78, 5) is 16.1. The number of aldehydes is 1. The lowest BCUT2D eigenvalue weighted by atomic mass is 10.1. The van der Waals surface area contributed by atoms with E-state index in [-0.39, 0.29) is 0 Å². The van der Waals surface area contributed by atoms with Crippen molar-refractivity contribution in [3.63, 3.8) is 0 Å². The van der Waals surface area contributed by atoms with E-state index < -0.39 is 0 Å². The zero-order chi connectivity index (χ0) is 16.7. The van der Waals surface area contributed by atoms with E-state index in [0.29, 0.717) is 17.9 Å². The minimum absolute atomic E-state index is 0.515. The summed E-state index contributed by atoms with van der Waals surface area (Å²) in [5.74, 6) is 2.23. The van der Waals surface area contributed by atoms with Crippen LogP contribution in [-0.4, -0.2) is 29.6 Å². The smallest absolute Gasteiger partial charge is 0.153 e. The van der Waals surface area contributed by atoms with Crippen LogP contribution in [0.4, 0.5) is 0 Å². The van der Waals surface area contributed by atoms with Crippen molar-refractivity contribution in [2.75, 3.05) is 13.7 Å². The van der Waals surface area contributed by atoms with Gasteiger partial charge in [-0.05, 0) is 36.8 Å². The van der Waals surface area contributed by atoms with Gasteiger partial charge < -0.3 is 14.0 Å². The minimum atomic E-state index is 0.515. The molecule has 1 aromatic heterocycles. The Kier molecular flexibility index (Phi) is 3.76. The first kappa shape index (κ1) is 15.2. The van der Waals surface area contributed by atoms with E-state index in [0.717, 1.165) is 51.9 Å². The topological polar surface area (TPSA) is 53.4 Å². The summed E-state index contributed by atoms with van der Waals surface area (Å²) < 4.78 is 14.2. The monoisotopic (exact) mass is 386 g/mol. The Morgan fingerprint density at radius 3 is 3.00 bits per heavy atom. The number of hydrogen-bond acceptors (Lipinski definition) is 4. The molecule has 0 N–H and O–H groups in total. The van der Waals surface area contributed by atoms with Gasteiger partial charge in [0.15, 0.2) is 6.29 Å². The lowest BCUT2D eigenvalue weighted by Gasteiger charge is -2.09. The molecule has 0 radical (unpaired) electrons. The summed E-state index contributed by atoms with van der Waals surface area (Å²) in [6, 6.07) is 9.50. The van der Waals surface area contributed by atoms with Crippen LogP contribution < -0.4 is 9.47 Å². The number of halogens is 1. The SMILES string of the molecule is COc1ccc(-c2nc3cc(Br)cc4c3n2CCCO4)cc1C=O. The molecule has 5 nitrogen and oxygen atoms in total. The average molecular weight is 387 g/mol. The van der Waals surface area contributed by atoms with Crippen LogP contribution in [-0.2, 0) is 6.54 Å². The van der Waals surface area contributed by atoms with E-state index in [1.807, 2.05) is 24.3 Å². The van der Waals surface area contributed by atoms with Crippen molar-refractivity contribution in [2.24, 2.45) is 0 Å². The van der Waals surface area contributed by atoms with Gasteiger partial charge in [-0.1, -0.05) is 15.9 Å². The van der Waals surface area contributed by atoms with Crippen molar-refractivity contribution in [3.05, 3.63) is 40.4 Å². The number of carbonyl (C=O) groups is 1. The summed E-state index contributed by atoms with van der Waals surface area (Å²) in [7, 11) is 1.56. The number of rotatable bonds is 3. The molecule has 0 spiro atoms. The molecule has 0 unspecified atom stereocenters. The standard InChI is InChI=1S/C18H15BrN2O3/c1-23-15-4-3-11(7-12(15)10-22)18-20-14-8-13(19)9-16-17(14)21(18)5-2-6-24-16/h3-4,7-10H,2,5-6H2,1H3. The molecular weight excluding hydrogens is 372 g/mol. The molecule has 0 aliphatic carbocycles. The predicted octanol–water partition coefficient (Wildman–Crippen LogP) is 4.07. The number of hydrogen-bond donors (Lipinski definition) is 0. The maximum Gasteiger partial charge on any atom is 0.153 e. The number of aryl methyl sites for hydroxylation is 1. The molecule has 0 amide bonds. The summed E-state index contributed by atoms with van der Waals surface area (Å²) in [6.45, 7) is 1.50. The van der Waals surface area contributed by atoms with Crippen LogP contribution in [0.5, 0.6) is 11.5 Å². The first-order valence-corrected chi connectivity index (χ1v) is 8.46. The molecule has 122 valence electrons. The van der Waals surface area contributed by atoms with Crippen LogP contribution in [0.25, 0.3) is 22.4 Å². The van der Waals surface area contributed by atoms with Crippen molar-refractivity contribution in [3.8, 4) is 22.9 Å². The largest absolute Gasteiger partial charge is 0.496 e. The Labute approximate surface area is 147 Å². The van der Waals surface area contributed by atoms with Crippen LogP contribution in [0.15, 0.2) is 34.8 Å². The Morgan fingerprint density at radius 1 is 1.33 bits per heavy atom. The summed E-state index contributed by atoms with van der Waals surface area (Å²) in [6.07, 6.45) is 1.71. The lowest BCUT2D eigenvalue weighted by molar-refractivity contribution is 0.112. The van der Waals surface area contributed by atoms with Gasteiger partial charge >= 0.3 is 0 Å². The Bertz CT molecular complexity index is 949. The highest BCUT2D eigenvalue weighted by Crippen LogP contribution is 2.36. The number of nitrogens with zero attached hydrogens (tertiary/aromatic N) is 2. The second-order valence-electron chi connectivity index (χ2n) is 5.64. The van der Waals surface area contributed by atoms with Crippen LogP contribution in [0.2, 0.25) is 0 Å². The van der Waals surface area contributed by atoms with Crippen LogP contribution in [0, 0.1) is 0 Å². The van der Waals surface area contributed by atoms with Crippen molar-refractivity contribution in [2.45, 2.75) is 13.0 Å². The van der Waals surface area contributed by atoms with Gasteiger partial charge in [0.1, 0.15) is 22.8 Å². The number of carbonyl (C=O) groups excluding carboxylic acids is 1. The molecule has 4 rings (SSSR count). The van der Waals surface area contributed by atoms with Crippen LogP contribution >= 0.6 is 15.9 Å². The molecule has 2 aromatic carbocycles. The third-order valence-electron chi connectivity index (χ3n) is 4.17. The number of imidazole rings is 1. The molecule has 6 heteroatoms. The number of ether oxygens (including phenoxy) is 2. The second-order valence-corrected chi connectivity index (χ2v) is 6.55. The second kappa shape index (κ2) is 5.94. The average Bonchev–Trinajstić information content (AvgIpc) is 2.82. The van der Waals surface area contributed by atoms with E-state index in [9.17, 15) is 4.79 Å². The number of benzene rings is 2. The summed E-state index contributed by atoms with van der Waals surface area (Å²) in [5.41, 5.74) is 3.27. The molecule has 0 fully saturated rings. The Hall–Kier alpha value is -2.34. The Morgan fingerprint density at radius 2 is 2.21 bits per heavy atom. The molecule has 0 saturated heterocycles. The summed E-state index contributed by atoms with van der Waals surface area (Å²) in [5, 5.41) is 0. The van der Waals surface area contributed by atoms with Gasteiger partial charge in [0.2, 0.25) is 0 Å². The highest BCUT2D eigenvalue weighted by molar-refractivity contribution is 9.10. The van der Waals surface area contributed by atoms with Crippen molar-refractivity contribution < 1.29 is 14.3 Å². The molecule has 1 aliphatic heterocycles. The van der Waals surface area contributed by atoms with E-state index in [4.69, 9.17) is 14.5 Å². The highest BCUT2D eigenvalue weighted by Gasteiger charge is 2.20. The van der Waals surface area contributed by atoms with E-state index in [1.54, 1.807) is 13.2 Å². The quantitative estimate of drug-likeness (QED) is 0.636. The third kappa shape index (κ3) is 2.38. The maximum atomic E-state index is 11.3. The molecule has 2 heterocycles. The molecular formula is C18H15BrN2O3. The molecule has 24 heavy (non-hydrogen) atoms. The van der Waals surface area contributed by atoms with Crippen molar-refractivity contribution in [1.82, 2.24) is 9.55 Å². The van der Waals surface area contributed by atoms with Gasteiger partial charge in [-0.25, -0.2) is 4.98 Å². The summed E-state index contributed by atoms with van der Waals surface area (Å²) >= 11 is 3.51. The molecule has 3 aromatic rings. The van der Waals surface area contributed by atoms with Gasteiger partial charge in [-0.15, -0.1) is 0 Å². The third-order valence-corrected chi connectivity index (χ3v) is 4.63. The first-order valence-electron chi connectivity index (χ1n) is 7.67. The molecule has 0 saturated carbocycles. The zero-order valence-electron chi connectivity index (χ0n) is 13.1. The minimum Gasteiger partial charge on any atom is -0.496 e. The number of methoxy groups -OCH3 is 1. The Balaban J connectivity index is 1.97. The molecule has 0 bridgehead atoms. The van der Waals surface area contributed by atoms with Crippen molar-refractivity contribution in [1.29, 1.82) is 0 Å². The fourth-order valence-corrected chi connectivity index (χ4v) is 3.54. The van der Waals surface area contributed by atoms with E-state index >= 15 is 0 Å². The van der Waals surface area contributed by atoms with E-state index in [1.165, 1.54) is 0 Å².